The highest BCUT2D eigenvalue weighted by Crippen LogP contribution is 2.34. The molecule has 1 aliphatic heterocycles. The molecule has 1 aliphatic rings. The summed E-state index contributed by atoms with van der Waals surface area (Å²) in [4.78, 5) is 23.4. The van der Waals surface area contributed by atoms with Crippen LogP contribution in [0.25, 0.3) is 0 Å². The zero-order chi connectivity index (χ0) is 17.6. The minimum Gasteiger partial charge on any atom is -0.467 e. The largest absolute Gasteiger partial charge is 0.467 e. The Hall–Kier alpha value is -3.00. The fraction of sp³-hybridized carbons (Fsp3) is 0.294. The van der Waals surface area contributed by atoms with Crippen molar-refractivity contribution in [3.63, 3.8) is 0 Å². The van der Waals surface area contributed by atoms with Crippen molar-refractivity contribution >= 4 is 11.8 Å². The second kappa shape index (κ2) is 7.71. The number of fused-ring (bicyclic) bond motifs is 1. The van der Waals surface area contributed by atoms with Crippen molar-refractivity contribution in [1.82, 2.24) is 10.6 Å². The third-order valence-electron chi connectivity index (χ3n) is 3.69. The molecule has 2 heterocycles. The molecule has 0 saturated carbocycles. The smallest absolute Gasteiger partial charge is 0.309 e. The number of carbonyl (C=O) groups excluding carboxylic acids is 2. The quantitative estimate of drug-likeness (QED) is 0.670. The molecule has 8 nitrogen and oxygen atoms in total. The maximum atomic E-state index is 11.7. The van der Waals surface area contributed by atoms with Crippen LogP contribution in [-0.2, 0) is 16.1 Å². The van der Waals surface area contributed by atoms with Crippen LogP contribution in [0.5, 0.6) is 11.5 Å². The summed E-state index contributed by atoms with van der Waals surface area (Å²) in [7, 11) is 0. The number of carbonyl (C=O) groups is 2. The summed E-state index contributed by atoms with van der Waals surface area (Å²) >= 11 is 0. The standard InChI is InChI=1S/C17H18N2O6/c20-13(11-3-4-14-15(8-11)25-10-24-14)5-6-18-16(21)17(22)19-9-12-2-1-7-23-12/h1-4,7-8,13,20H,5-6,9-10H2,(H,18,21)(H,19,22). The number of rotatable bonds is 6. The van der Waals surface area contributed by atoms with E-state index in [0.29, 0.717) is 22.8 Å². The Balaban J connectivity index is 1.41. The van der Waals surface area contributed by atoms with Crippen LogP contribution < -0.4 is 20.1 Å². The molecule has 3 N–H and O–H groups in total. The van der Waals surface area contributed by atoms with Gasteiger partial charge in [-0.25, -0.2) is 0 Å². The average molecular weight is 346 g/mol. The second-order valence-electron chi connectivity index (χ2n) is 5.44. The van der Waals surface area contributed by atoms with Crippen LogP contribution in [0.1, 0.15) is 23.8 Å². The highest BCUT2D eigenvalue weighted by Gasteiger charge is 2.18. The van der Waals surface area contributed by atoms with Gasteiger partial charge in [0.05, 0.1) is 18.9 Å². The van der Waals surface area contributed by atoms with E-state index < -0.39 is 17.9 Å². The first-order valence-electron chi connectivity index (χ1n) is 7.79. The molecular weight excluding hydrogens is 328 g/mol. The van der Waals surface area contributed by atoms with Crippen LogP contribution in [0, 0.1) is 0 Å². The number of aliphatic hydroxyl groups is 1. The van der Waals surface area contributed by atoms with E-state index in [9.17, 15) is 14.7 Å². The molecule has 2 amide bonds. The third-order valence-corrected chi connectivity index (χ3v) is 3.69. The lowest BCUT2D eigenvalue weighted by molar-refractivity contribution is -0.139. The Morgan fingerprint density at radius 2 is 1.92 bits per heavy atom. The van der Waals surface area contributed by atoms with E-state index in [1.54, 1.807) is 30.3 Å². The van der Waals surface area contributed by atoms with Gasteiger partial charge in [0.2, 0.25) is 6.79 Å². The number of aliphatic hydroxyl groups excluding tert-OH is 1. The molecule has 0 fully saturated rings. The van der Waals surface area contributed by atoms with Crippen LogP contribution in [0.4, 0.5) is 0 Å². The third kappa shape index (κ3) is 4.30. The number of benzene rings is 1. The number of ether oxygens (including phenoxy) is 2. The normalized spacial score (nSPS) is 13.3. The van der Waals surface area contributed by atoms with Crippen molar-refractivity contribution in [1.29, 1.82) is 0 Å². The molecule has 0 saturated heterocycles. The van der Waals surface area contributed by atoms with Crippen LogP contribution >= 0.6 is 0 Å². The zero-order valence-corrected chi connectivity index (χ0v) is 13.4. The van der Waals surface area contributed by atoms with E-state index in [1.165, 1.54) is 6.26 Å². The van der Waals surface area contributed by atoms with E-state index in [1.807, 2.05) is 0 Å². The van der Waals surface area contributed by atoms with Crippen LogP contribution in [0.3, 0.4) is 0 Å². The molecule has 0 aliphatic carbocycles. The average Bonchev–Trinajstić information content (AvgIpc) is 3.29. The Kier molecular flexibility index (Phi) is 5.20. The predicted molar refractivity (Wildman–Crippen MR) is 85.7 cm³/mol. The Morgan fingerprint density at radius 1 is 1.12 bits per heavy atom. The first kappa shape index (κ1) is 16.8. The van der Waals surface area contributed by atoms with Gasteiger partial charge in [-0.15, -0.1) is 0 Å². The Labute approximate surface area is 143 Å². The van der Waals surface area contributed by atoms with Crippen molar-refractivity contribution in [2.24, 2.45) is 0 Å². The number of hydrogen-bond acceptors (Lipinski definition) is 6. The number of nitrogens with one attached hydrogen (secondary N) is 2. The molecule has 8 heteroatoms. The van der Waals surface area contributed by atoms with Crippen LogP contribution in [0.15, 0.2) is 41.0 Å². The summed E-state index contributed by atoms with van der Waals surface area (Å²) in [5, 5.41) is 15.1. The van der Waals surface area contributed by atoms with E-state index in [4.69, 9.17) is 13.9 Å². The lowest BCUT2D eigenvalue weighted by atomic mass is 10.1. The Morgan fingerprint density at radius 3 is 2.72 bits per heavy atom. The fourth-order valence-electron chi connectivity index (χ4n) is 2.35. The summed E-state index contributed by atoms with van der Waals surface area (Å²) in [6.45, 7) is 0.458. The van der Waals surface area contributed by atoms with Crippen molar-refractivity contribution in [2.75, 3.05) is 13.3 Å². The van der Waals surface area contributed by atoms with Crippen molar-refractivity contribution in [2.45, 2.75) is 19.1 Å². The first-order valence-corrected chi connectivity index (χ1v) is 7.79. The van der Waals surface area contributed by atoms with Crippen LogP contribution in [0.2, 0.25) is 0 Å². The molecule has 2 aromatic rings. The monoisotopic (exact) mass is 346 g/mol. The predicted octanol–water partition coefficient (Wildman–Crippen LogP) is 0.864. The highest BCUT2D eigenvalue weighted by atomic mass is 16.7. The van der Waals surface area contributed by atoms with Crippen molar-refractivity contribution < 1.29 is 28.6 Å². The van der Waals surface area contributed by atoms with Gasteiger partial charge in [-0.05, 0) is 36.2 Å². The summed E-state index contributed by atoms with van der Waals surface area (Å²) in [5.41, 5.74) is 0.653. The van der Waals surface area contributed by atoms with Gasteiger partial charge in [0.1, 0.15) is 5.76 Å². The summed E-state index contributed by atoms with van der Waals surface area (Å²) in [5.74, 6) is 0.258. The number of hydrogen-bond donors (Lipinski definition) is 3. The molecule has 0 radical (unpaired) electrons. The SMILES string of the molecule is O=C(NCCC(O)c1ccc2c(c1)OCO2)C(=O)NCc1ccco1. The molecule has 1 atom stereocenters. The highest BCUT2D eigenvalue weighted by molar-refractivity contribution is 6.35. The fourth-order valence-corrected chi connectivity index (χ4v) is 2.35. The van der Waals surface area contributed by atoms with Gasteiger partial charge in [0.25, 0.3) is 0 Å². The first-order chi connectivity index (χ1) is 12.1. The molecule has 0 spiro atoms. The molecule has 1 unspecified atom stereocenters. The lowest BCUT2D eigenvalue weighted by Gasteiger charge is -2.12. The van der Waals surface area contributed by atoms with Crippen molar-refractivity contribution in [3.8, 4) is 11.5 Å². The minimum absolute atomic E-state index is 0.138. The van der Waals surface area contributed by atoms with Gasteiger partial charge in [0, 0.05) is 6.54 Å². The molecule has 132 valence electrons. The van der Waals surface area contributed by atoms with E-state index in [0.717, 1.165) is 0 Å². The Bertz CT molecular complexity index is 744. The van der Waals surface area contributed by atoms with Crippen molar-refractivity contribution in [3.05, 3.63) is 47.9 Å². The maximum absolute atomic E-state index is 11.7. The summed E-state index contributed by atoms with van der Waals surface area (Å²) in [6, 6.07) is 8.54. The van der Waals surface area contributed by atoms with E-state index >= 15 is 0 Å². The maximum Gasteiger partial charge on any atom is 0.309 e. The van der Waals surface area contributed by atoms with Gasteiger partial charge in [-0.2, -0.15) is 0 Å². The molecule has 0 bridgehead atoms. The van der Waals surface area contributed by atoms with Gasteiger partial charge >= 0.3 is 11.8 Å². The molecule has 3 rings (SSSR count). The van der Waals surface area contributed by atoms with Gasteiger partial charge in [-0.1, -0.05) is 6.07 Å². The van der Waals surface area contributed by atoms with Crippen LogP contribution in [-0.4, -0.2) is 30.3 Å². The lowest BCUT2D eigenvalue weighted by Crippen LogP contribution is -2.40. The molecule has 25 heavy (non-hydrogen) atoms. The van der Waals surface area contributed by atoms with E-state index in [2.05, 4.69) is 10.6 Å². The second-order valence-corrected chi connectivity index (χ2v) is 5.44. The van der Waals surface area contributed by atoms with Gasteiger partial charge in [-0.3, -0.25) is 9.59 Å². The molecule has 1 aromatic carbocycles. The molecular formula is C17H18N2O6. The molecule has 1 aromatic heterocycles. The zero-order valence-electron chi connectivity index (χ0n) is 13.4. The topological polar surface area (TPSA) is 110 Å². The van der Waals surface area contributed by atoms with Gasteiger partial charge < -0.3 is 29.6 Å². The van der Waals surface area contributed by atoms with E-state index in [-0.39, 0.29) is 26.3 Å². The number of amides is 2. The number of furan rings is 1. The minimum atomic E-state index is -0.791. The summed E-state index contributed by atoms with van der Waals surface area (Å²) < 4.78 is 15.5. The summed E-state index contributed by atoms with van der Waals surface area (Å²) in [6.07, 6.45) is 0.955. The van der Waals surface area contributed by atoms with Gasteiger partial charge in [0.15, 0.2) is 11.5 Å².